The van der Waals surface area contributed by atoms with Crippen molar-refractivity contribution >= 4 is 10.0 Å². The van der Waals surface area contributed by atoms with Gasteiger partial charge in [0.2, 0.25) is 10.0 Å². The minimum absolute atomic E-state index is 0.149. The molecule has 0 unspecified atom stereocenters. The highest BCUT2D eigenvalue weighted by molar-refractivity contribution is 7.89. The number of nitrogens with one attached hydrogen (secondary N) is 1. The molecule has 0 bridgehead atoms. The first kappa shape index (κ1) is 14.6. The molecule has 5 nitrogen and oxygen atoms in total. The van der Waals surface area contributed by atoms with E-state index in [1.807, 2.05) is 6.92 Å². The van der Waals surface area contributed by atoms with Gasteiger partial charge in [-0.15, -0.1) is 0 Å². The normalized spacial score (nSPS) is 11.5. The Bertz CT molecular complexity index is 685. The Hall–Kier alpha value is -1.76. The van der Waals surface area contributed by atoms with Gasteiger partial charge < -0.3 is 5.11 Å². The summed E-state index contributed by atoms with van der Waals surface area (Å²) in [7, 11) is -3.60. The third-order valence-electron chi connectivity index (χ3n) is 2.99. The molecule has 2 rings (SSSR count). The number of aliphatic hydroxyl groups is 1. The van der Waals surface area contributed by atoms with Crippen molar-refractivity contribution in [1.82, 2.24) is 9.71 Å². The van der Waals surface area contributed by atoms with Crippen LogP contribution in [0.25, 0.3) is 0 Å². The van der Waals surface area contributed by atoms with E-state index in [1.54, 1.807) is 30.6 Å². The maximum atomic E-state index is 12.2. The molecule has 0 saturated heterocycles. The molecule has 106 valence electrons. The fourth-order valence-electron chi connectivity index (χ4n) is 1.75. The lowest BCUT2D eigenvalue weighted by atomic mass is 10.1. The Labute approximate surface area is 118 Å². The van der Waals surface area contributed by atoms with Gasteiger partial charge in [-0.3, -0.25) is 4.98 Å². The largest absolute Gasteiger partial charge is 0.392 e. The van der Waals surface area contributed by atoms with Crippen LogP contribution >= 0.6 is 0 Å². The van der Waals surface area contributed by atoms with Gasteiger partial charge in [0, 0.05) is 18.9 Å². The van der Waals surface area contributed by atoms with Crippen molar-refractivity contribution in [2.24, 2.45) is 0 Å². The van der Waals surface area contributed by atoms with Crippen molar-refractivity contribution in [3.8, 4) is 0 Å². The Morgan fingerprint density at radius 3 is 2.75 bits per heavy atom. The van der Waals surface area contributed by atoms with Crippen LogP contribution in [0.3, 0.4) is 0 Å². The van der Waals surface area contributed by atoms with E-state index in [0.29, 0.717) is 5.56 Å². The minimum atomic E-state index is -3.60. The summed E-state index contributed by atoms with van der Waals surface area (Å²) in [4.78, 5) is 4.08. The molecular formula is C14H16N2O3S. The van der Waals surface area contributed by atoms with Gasteiger partial charge in [-0.1, -0.05) is 12.1 Å². The van der Waals surface area contributed by atoms with E-state index >= 15 is 0 Å². The zero-order valence-corrected chi connectivity index (χ0v) is 11.9. The summed E-state index contributed by atoms with van der Waals surface area (Å²) in [5.41, 5.74) is 2.25. The van der Waals surface area contributed by atoms with E-state index in [1.165, 1.54) is 12.1 Å². The molecule has 1 aromatic heterocycles. The first-order valence-electron chi connectivity index (χ1n) is 6.12. The van der Waals surface area contributed by atoms with Crippen molar-refractivity contribution in [2.45, 2.75) is 25.0 Å². The van der Waals surface area contributed by atoms with Crippen LogP contribution < -0.4 is 4.72 Å². The highest BCUT2D eigenvalue weighted by atomic mass is 32.2. The Morgan fingerprint density at radius 1 is 1.30 bits per heavy atom. The van der Waals surface area contributed by atoms with Gasteiger partial charge in [0.05, 0.1) is 11.5 Å². The molecule has 6 heteroatoms. The predicted molar refractivity (Wildman–Crippen MR) is 75.4 cm³/mol. The predicted octanol–water partition coefficient (Wildman–Crippen LogP) is 1.36. The van der Waals surface area contributed by atoms with E-state index in [-0.39, 0.29) is 18.0 Å². The monoisotopic (exact) mass is 292 g/mol. The van der Waals surface area contributed by atoms with Crippen molar-refractivity contribution < 1.29 is 13.5 Å². The molecule has 20 heavy (non-hydrogen) atoms. The van der Waals surface area contributed by atoms with Gasteiger partial charge in [-0.2, -0.15) is 0 Å². The first-order valence-corrected chi connectivity index (χ1v) is 7.60. The van der Waals surface area contributed by atoms with Crippen LogP contribution in [-0.2, 0) is 23.2 Å². The summed E-state index contributed by atoms with van der Waals surface area (Å²) in [6.07, 6.45) is 3.24. The molecule has 0 amide bonds. The Morgan fingerprint density at radius 2 is 2.10 bits per heavy atom. The number of pyridine rings is 1. The summed E-state index contributed by atoms with van der Waals surface area (Å²) in [6, 6.07) is 8.24. The number of aromatic nitrogens is 1. The Kier molecular flexibility index (Phi) is 4.49. The second kappa shape index (κ2) is 6.13. The number of nitrogens with zero attached hydrogens (tertiary/aromatic N) is 1. The number of aryl methyl sites for hydroxylation is 1. The maximum absolute atomic E-state index is 12.2. The van der Waals surface area contributed by atoms with Crippen molar-refractivity contribution in [3.63, 3.8) is 0 Å². The molecule has 0 aliphatic carbocycles. The summed E-state index contributed by atoms with van der Waals surface area (Å²) in [5, 5.41) is 9.19. The lowest BCUT2D eigenvalue weighted by molar-refractivity contribution is 0.280. The number of benzene rings is 1. The second-order valence-electron chi connectivity index (χ2n) is 4.43. The first-order chi connectivity index (χ1) is 9.53. The van der Waals surface area contributed by atoms with Gasteiger partial charge in [-0.05, 0) is 41.8 Å². The zero-order valence-electron chi connectivity index (χ0n) is 11.1. The van der Waals surface area contributed by atoms with Crippen LogP contribution in [-0.4, -0.2) is 18.5 Å². The van der Waals surface area contributed by atoms with Crippen molar-refractivity contribution in [2.75, 3.05) is 0 Å². The lowest BCUT2D eigenvalue weighted by Gasteiger charge is -2.09. The lowest BCUT2D eigenvalue weighted by Crippen LogP contribution is -2.23. The minimum Gasteiger partial charge on any atom is -0.392 e. The highest BCUT2D eigenvalue weighted by Gasteiger charge is 2.14. The third-order valence-corrected chi connectivity index (χ3v) is 4.39. The van der Waals surface area contributed by atoms with E-state index in [0.717, 1.165) is 11.1 Å². The molecule has 0 saturated carbocycles. The molecule has 0 radical (unpaired) electrons. The zero-order chi connectivity index (χ0) is 14.6. The molecule has 2 aromatic rings. The molecule has 1 aromatic carbocycles. The molecule has 0 aliphatic rings. The quantitative estimate of drug-likeness (QED) is 0.872. The van der Waals surface area contributed by atoms with Gasteiger partial charge in [0.25, 0.3) is 0 Å². The van der Waals surface area contributed by atoms with Crippen molar-refractivity contribution in [1.29, 1.82) is 0 Å². The van der Waals surface area contributed by atoms with E-state index < -0.39 is 10.0 Å². The van der Waals surface area contributed by atoms with E-state index in [4.69, 9.17) is 0 Å². The van der Waals surface area contributed by atoms with Gasteiger partial charge in [0.15, 0.2) is 0 Å². The summed E-state index contributed by atoms with van der Waals surface area (Å²) >= 11 is 0. The van der Waals surface area contributed by atoms with Crippen LogP contribution in [0.15, 0.2) is 47.6 Å². The van der Waals surface area contributed by atoms with Crippen LogP contribution in [0.5, 0.6) is 0 Å². The molecule has 0 spiro atoms. The average molecular weight is 292 g/mol. The molecule has 1 heterocycles. The van der Waals surface area contributed by atoms with Crippen LogP contribution in [0, 0.1) is 6.92 Å². The maximum Gasteiger partial charge on any atom is 0.240 e. The topological polar surface area (TPSA) is 79.3 Å². The molecule has 0 fully saturated rings. The molecule has 0 atom stereocenters. The Balaban J connectivity index is 2.18. The van der Waals surface area contributed by atoms with E-state index in [2.05, 4.69) is 9.71 Å². The number of hydrogen-bond donors (Lipinski definition) is 2. The average Bonchev–Trinajstić information content (AvgIpc) is 2.46. The number of sulfonamides is 1. The summed E-state index contributed by atoms with van der Waals surface area (Å²) in [5.74, 6) is 0. The number of aliphatic hydroxyl groups excluding tert-OH is 1. The molecular weight excluding hydrogens is 276 g/mol. The summed E-state index contributed by atoms with van der Waals surface area (Å²) < 4.78 is 26.9. The van der Waals surface area contributed by atoms with E-state index in [9.17, 15) is 13.5 Å². The van der Waals surface area contributed by atoms with Crippen LogP contribution in [0.1, 0.15) is 16.7 Å². The van der Waals surface area contributed by atoms with Crippen molar-refractivity contribution in [3.05, 3.63) is 59.4 Å². The second-order valence-corrected chi connectivity index (χ2v) is 6.20. The van der Waals surface area contributed by atoms with Gasteiger partial charge >= 0.3 is 0 Å². The number of hydrogen-bond acceptors (Lipinski definition) is 4. The number of rotatable bonds is 5. The fourth-order valence-corrected chi connectivity index (χ4v) is 2.82. The summed E-state index contributed by atoms with van der Waals surface area (Å²) in [6.45, 7) is 1.82. The molecule has 0 aliphatic heterocycles. The van der Waals surface area contributed by atoms with Crippen LogP contribution in [0.2, 0.25) is 0 Å². The highest BCUT2D eigenvalue weighted by Crippen LogP contribution is 2.15. The third kappa shape index (κ3) is 3.41. The standard InChI is InChI=1S/C14H16N2O3S/c1-11-4-5-14(7-13(11)10-17)20(18,19)16-9-12-3-2-6-15-8-12/h2-8,16-17H,9-10H2,1H3. The molecule has 2 N–H and O–H groups in total. The smallest absolute Gasteiger partial charge is 0.240 e. The fraction of sp³-hybridized carbons (Fsp3) is 0.214. The van der Waals surface area contributed by atoms with Crippen LogP contribution in [0.4, 0.5) is 0 Å². The van der Waals surface area contributed by atoms with Gasteiger partial charge in [0.1, 0.15) is 0 Å². The SMILES string of the molecule is Cc1ccc(S(=O)(=O)NCc2cccnc2)cc1CO. The van der Waals surface area contributed by atoms with Gasteiger partial charge in [-0.25, -0.2) is 13.1 Å².